The minimum Gasteiger partial charge on any atom is -0.349 e. The fourth-order valence-corrected chi connectivity index (χ4v) is 1.73. The van der Waals surface area contributed by atoms with Crippen molar-refractivity contribution in [2.24, 2.45) is 5.73 Å². The average molecular weight is 222 g/mol. The van der Waals surface area contributed by atoms with E-state index in [9.17, 15) is 0 Å². The van der Waals surface area contributed by atoms with Gasteiger partial charge in [0.1, 0.15) is 0 Å². The molecule has 1 aromatic rings. The summed E-state index contributed by atoms with van der Waals surface area (Å²) in [5.41, 5.74) is 7.98. The van der Waals surface area contributed by atoms with Crippen LogP contribution in [0.1, 0.15) is 11.1 Å². The molecule has 1 fully saturated rings. The molecule has 1 aliphatic rings. The van der Waals surface area contributed by atoms with Crippen molar-refractivity contribution in [1.82, 2.24) is 5.32 Å². The fourth-order valence-electron chi connectivity index (χ4n) is 1.73. The Hall–Kier alpha value is -0.940. The van der Waals surface area contributed by atoms with Gasteiger partial charge in [0.2, 0.25) is 0 Å². The summed E-state index contributed by atoms with van der Waals surface area (Å²) in [5, 5.41) is 3.30. The van der Waals surface area contributed by atoms with Crippen LogP contribution in [-0.4, -0.2) is 26.0 Å². The fraction of sp³-hybridized carbons (Fsp3) is 0.500. The van der Waals surface area contributed by atoms with Crippen molar-refractivity contribution >= 4 is 0 Å². The van der Waals surface area contributed by atoms with Gasteiger partial charge in [-0.05, 0) is 11.1 Å². The van der Waals surface area contributed by atoms with Crippen LogP contribution in [-0.2, 0) is 22.6 Å². The van der Waals surface area contributed by atoms with Crippen LogP contribution in [0.5, 0.6) is 0 Å². The molecule has 88 valence electrons. The van der Waals surface area contributed by atoms with E-state index in [-0.39, 0.29) is 6.29 Å². The summed E-state index contributed by atoms with van der Waals surface area (Å²) in [6, 6.07) is 8.26. The van der Waals surface area contributed by atoms with E-state index in [0.29, 0.717) is 19.8 Å². The molecule has 1 saturated heterocycles. The molecule has 16 heavy (non-hydrogen) atoms. The number of hydrogen-bond donors (Lipinski definition) is 2. The van der Waals surface area contributed by atoms with Gasteiger partial charge in [-0.2, -0.15) is 0 Å². The highest BCUT2D eigenvalue weighted by atomic mass is 16.7. The number of nitrogens with one attached hydrogen (secondary N) is 1. The van der Waals surface area contributed by atoms with Crippen LogP contribution in [0, 0.1) is 0 Å². The predicted molar refractivity (Wildman–Crippen MR) is 61.7 cm³/mol. The minimum absolute atomic E-state index is 0.0855. The lowest BCUT2D eigenvalue weighted by atomic mass is 10.1. The van der Waals surface area contributed by atoms with Crippen LogP contribution in [0.15, 0.2) is 24.3 Å². The maximum Gasteiger partial charge on any atom is 0.170 e. The zero-order chi connectivity index (χ0) is 11.2. The molecule has 0 saturated carbocycles. The third kappa shape index (κ3) is 3.28. The molecule has 2 rings (SSSR count). The Morgan fingerprint density at radius 2 is 2.00 bits per heavy atom. The average Bonchev–Trinajstić information content (AvgIpc) is 2.82. The van der Waals surface area contributed by atoms with Crippen LogP contribution < -0.4 is 11.1 Å². The summed E-state index contributed by atoms with van der Waals surface area (Å²) < 4.78 is 10.7. The van der Waals surface area contributed by atoms with E-state index in [1.807, 2.05) is 12.1 Å². The van der Waals surface area contributed by atoms with Crippen molar-refractivity contribution in [3.63, 3.8) is 0 Å². The number of ether oxygens (including phenoxy) is 2. The van der Waals surface area contributed by atoms with Crippen molar-refractivity contribution < 1.29 is 9.47 Å². The van der Waals surface area contributed by atoms with Gasteiger partial charge in [0, 0.05) is 19.6 Å². The maximum atomic E-state index is 5.59. The van der Waals surface area contributed by atoms with Crippen molar-refractivity contribution in [2.75, 3.05) is 19.8 Å². The van der Waals surface area contributed by atoms with E-state index < -0.39 is 0 Å². The topological polar surface area (TPSA) is 56.5 Å². The first-order chi connectivity index (χ1) is 7.88. The number of benzene rings is 1. The molecular weight excluding hydrogens is 204 g/mol. The molecule has 0 amide bonds. The summed E-state index contributed by atoms with van der Waals surface area (Å²) in [4.78, 5) is 0. The van der Waals surface area contributed by atoms with Gasteiger partial charge in [0.15, 0.2) is 6.29 Å². The molecule has 0 aromatic heterocycles. The lowest BCUT2D eigenvalue weighted by molar-refractivity contribution is -0.0392. The highest BCUT2D eigenvalue weighted by Gasteiger charge is 2.14. The summed E-state index contributed by atoms with van der Waals surface area (Å²) in [5.74, 6) is 0. The van der Waals surface area contributed by atoms with Crippen LogP contribution in [0.25, 0.3) is 0 Å². The van der Waals surface area contributed by atoms with Gasteiger partial charge >= 0.3 is 0 Å². The Kier molecular flexibility index (Phi) is 4.30. The Bertz CT molecular complexity index is 325. The number of hydrogen-bond acceptors (Lipinski definition) is 4. The van der Waals surface area contributed by atoms with Gasteiger partial charge in [-0.15, -0.1) is 0 Å². The normalized spacial score (nSPS) is 16.8. The standard InChI is InChI=1S/C12H18N2O2/c13-7-10-2-1-3-11(6-10)8-14-9-12-15-4-5-16-12/h1-3,6,12,14H,4-5,7-9,13H2. The lowest BCUT2D eigenvalue weighted by Crippen LogP contribution is -2.27. The highest BCUT2D eigenvalue weighted by molar-refractivity contribution is 5.23. The van der Waals surface area contributed by atoms with Gasteiger partial charge < -0.3 is 20.5 Å². The molecule has 1 aromatic carbocycles. The SMILES string of the molecule is NCc1cccc(CNCC2OCCO2)c1. The number of rotatable bonds is 5. The molecule has 1 heterocycles. The Morgan fingerprint density at radius 1 is 1.25 bits per heavy atom. The van der Waals surface area contributed by atoms with Crippen LogP contribution >= 0.6 is 0 Å². The van der Waals surface area contributed by atoms with Crippen LogP contribution in [0.4, 0.5) is 0 Å². The quantitative estimate of drug-likeness (QED) is 0.766. The molecule has 3 N–H and O–H groups in total. The third-order valence-corrected chi connectivity index (χ3v) is 2.56. The largest absolute Gasteiger partial charge is 0.349 e. The summed E-state index contributed by atoms with van der Waals surface area (Å²) >= 11 is 0. The second-order valence-electron chi connectivity index (χ2n) is 3.83. The van der Waals surface area contributed by atoms with Gasteiger partial charge in [-0.1, -0.05) is 24.3 Å². The van der Waals surface area contributed by atoms with E-state index in [1.54, 1.807) is 0 Å². The van der Waals surface area contributed by atoms with Crippen molar-refractivity contribution in [2.45, 2.75) is 19.4 Å². The molecule has 4 nitrogen and oxygen atoms in total. The summed E-state index contributed by atoms with van der Waals surface area (Å²) in [6.07, 6.45) is -0.0855. The second kappa shape index (κ2) is 5.96. The molecule has 1 aliphatic heterocycles. The summed E-state index contributed by atoms with van der Waals surface area (Å²) in [6.45, 7) is 3.54. The van der Waals surface area contributed by atoms with Crippen molar-refractivity contribution in [3.8, 4) is 0 Å². The van der Waals surface area contributed by atoms with E-state index >= 15 is 0 Å². The zero-order valence-electron chi connectivity index (χ0n) is 9.32. The van der Waals surface area contributed by atoms with Crippen molar-refractivity contribution in [3.05, 3.63) is 35.4 Å². The lowest BCUT2D eigenvalue weighted by Gasteiger charge is -2.10. The van der Waals surface area contributed by atoms with Crippen LogP contribution in [0.3, 0.4) is 0 Å². The Labute approximate surface area is 95.7 Å². The molecule has 0 bridgehead atoms. The Balaban J connectivity index is 1.75. The first-order valence-corrected chi connectivity index (χ1v) is 5.60. The molecule has 0 radical (unpaired) electrons. The molecule has 0 aliphatic carbocycles. The predicted octanol–water partition coefficient (Wildman–Crippen LogP) is 0.608. The van der Waals surface area contributed by atoms with Crippen LogP contribution in [0.2, 0.25) is 0 Å². The first kappa shape index (κ1) is 11.5. The molecule has 0 spiro atoms. The highest BCUT2D eigenvalue weighted by Crippen LogP contribution is 2.05. The monoisotopic (exact) mass is 222 g/mol. The van der Waals surface area contributed by atoms with Gasteiger partial charge in [-0.3, -0.25) is 0 Å². The van der Waals surface area contributed by atoms with Gasteiger partial charge in [0.05, 0.1) is 13.2 Å². The van der Waals surface area contributed by atoms with E-state index in [2.05, 4.69) is 17.4 Å². The smallest absolute Gasteiger partial charge is 0.170 e. The summed E-state index contributed by atoms with van der Waals surface area (Å²) in [7, 11) is 0. The number of nitrogens with two attached hydrogens (primary N) is 1. The molecule has 4 heteroatoms. The van der Waals surface area contributed by atoms with Crippen molar-refractivity contribution in [1.29, 1.82) is 0 Å². The molecule has 0 atom stereocenters. The van der Waals surface area contributed by atoms with E-state index in [1.165, 1.54) is 5.56 Å². The third-order valence-electron chi connectivity index (χ3n) is 2.56. The Morgan fingerprint density at radius 3 is 2.75 bits per heavy atom. The molecular formula is C12H18N2O2. The maximum absolute atomic E-state index is 5.59. The zero-order valence-corrected chi connectivity index (χ0v) is 9.32. The van der Waals surface area contributed by atoms with Gasteiger partial charge in [-0.25, -0.2) is 0 Å². The first-order valence-electron chi connectivity index (χ1n) is 5.60. The van der Waals surface area contributed by atoms with E-state index in [0.717, 1.165) is 18.7 Å². The second-order valence-corrected chi connectivity index (χ2v) is 3.83. The van der Waals surface area contributed by atoms with Gasteiger partial charge in [0.25, 0.3) is 0 Å². The minimum atomic E-state index is -0.0855. The van der Waals surface area contributed by atoms with E-state index in [4.69, 9.17) is 15.2 Å². The molecule has 0 unspecified atom stereocenters.